The maximum Gasteiger partial charge on any atom is 0.261 e. The molecule has 0 bridgehead atoms. The Hall–Kier alpha value is -1.06. The first-order chi connectivity index (χ1) is 10.2. The molecule has 9 heteroatoms. The number of halogens is 2. The van der Waals surface area contributed by atoms with E-state index in [1.807, 2.05) is 0 Å². The van der Waals surface area contributed by atoms with Crippen LogP contribution in [0, 0.1) is 0 Å². The number of hydrogen-bond acceptors (Lipinski definition) is 4. The summed E-state index contributed by atoms with van der Waals surface area (Å²) in [6.45, 7) is 1.21. The van der Waals surface area contributed by atoms with E-state index >= 15 is 0 Å². The largest absolute Gasteiger partial charge is 0.296 e. The third-order valence-electron chi connectivity index (χ3n) is 4.35. The van der Waals surface area contributed by atoms with Crippen LogP contribution in [0.1, 0.15) is 18.5 Å². The average molecular weight is 334 g/mol. The van der Waals surface area contributed by atoms with E-state index in [1.165, 1.54) is 10.6 Å². The van der Waals surface area contributed by atoms with Crippen molar-refractivity contribution in [2.75, 3.05) is 25.9 Å². The minimum Gasteiger partial charge on any atom is -0.296 e. The van der Waals surface area contributed by atoms with E-state index in [-0.39, 0.29) is 25.6 Å². The van der Waals surface area contributed by atoms with Gasteiger partial charge in [0, 0.05) is 38.3 Å². The fourth-order valence-electron chi connectivity index (χ4n) is 3.23. The number of fused-ring (bicyclic) bond motifs is 1. The Morgan fingerprint density at radius 2 is 2.18 bits per heavy atom. The lowest BCUT2D eigenvalue weighted by Crippen LogP contribution is -2.45. The van der Waals surface area contributed by atoms with E-state index in [0.29, 0.717) is 26.1 Å². The molecule has 1 aromatic heterocycles. The molecule has 0 N–H and O–H groups in total. The lowest BCUT2D eigenvalue weighted by atomic mass is 10.2. The van der Waals surface area contributed by atoms with E-state index in [1.54, 1.807) is 21.8 Å². The lowest BCUT2D eigenvalue weighted by Gasteiger charge is -2.30. The summed E-state index contributed by atoms with van der Waals surface area (Å²) in [5, 5.41) is 4.18. The van der Waals surface area contributed by atoms with Gasteiger partial charge < -0.3 is 0 Å². The van der Waals surface area contributed by atoms with Gasteiger partial charge in [-0.15, -0.1) is 0 Å². The van der Waals surface area contributed by atoms with Crippen molar-refractivity contribution in [1.29, 1.82) is 0 Å². The van der Waals surface area contributed by atoms with Gasteiger partial charge in [0.2, 0.25) is 10.0 Å². The molecule has 22 heavy (non-hydrogen) atoms. The van der Waals surface area contributed by atoms with Gasteiger partial charge >= 0.3 is 0 Å². The van der Waals surface area contributed by atoms with E-state index < -0.39 is 15.9 Å². The molecular weight excluding hydrogens is 314 g/mol. The summed E-state index contributed by atoms with van der Waals surface area (Å²) in [6.07, 6.45) is 3.24. The fourth-order valence-corrected chi connectivity index (χ4v) is 4.31. The molecule has 0 aromatic carbocycles. The van der Waals surface area contributed by atoms with Crippen molar-refractivity contribution in [2.24, 2.45) is 0 Å². The predicted molar refractivity (Wildman–Crippen MR) is 77.0 cm³/mol. The molecule has 0 radical (unpaired) electrons. The van der Waals surface area contributed by atoms with Crippen LogP contribution in [0.15, 0.2) is 12.3 Å². The number of aryl methyl sites for hydroxylation is 1. The van der Waals surface area contributed by atoms with Crippen molar-refractivity contribution in [3.05, 3.63) is 18.0 Å². The molecule has 2 aliphatic rings. The van der Waals surface area contributed by atoms with E-state index in [0.717, 1.165) is 5.69 Å². The normalized spacial score (nSPS) is 26.8. The second-order valence-corrected chi connectivity index (χ2v) is 8.07. The minimum absolute atomic E-state index is 0.153. The number of nitrogens with zero attached hydrogens (tertiary/aromatic N) is 4. The quantitative estimate of drug-likeness (QED) is 0.819. The molecule has 124 valence electrons. The molecule has 1 fully saturated rings. The lowest BCUT2D eigenvalue weighted by molar-refractivity contribution is 0.0105. The summed E-state index contributed by atoms with van der Waals surface area (Å²) in [4.78, 5) is 1.66. The number of hydrogen-bond donors (Lipinski definition) is 0. The summed E-state index contributed by atoms with van der Waals surface area (Å²) in [5.41, 5.74) is 0.833. The van der Waals surface area contributed by atoms with Crippen LogP contribution >= 0.6 is 0 Å². The Labute approximate surface area is 128 Å². The van der Waals surface area contributed by atoms with Crippen LogP contribution < -0.4 is 0 Å². The van der Waals surface area contributed by atoms with Crippen molar-refractivity contribution in [3.63, 3.8) is 0 Å². The van der Waals surface area contributed by atoms with E-state index in [4.69, 9.17) is 0 Å². The Kier molecular flexibility index (Phi) is 3.98. The third kappa shape index (κ3) is 3.31. The Morgan fingerprint density at radius 3 is 2.82 bits per heavy atom. The molecule has 1 saturated heterocycles. The maximum absolute atomic E-state index is 13.3. The van der Waals surface area contributed by atoms with Crippen molar-refractivity contribution < 1.29 is 17.2 Å². The fraction of sp³-hybridized carbons (Fsp3) is 0.769. The molecule has 1 atom stereocenters. The first kappa shape index (κ1) is 15.8. The number of sulfonamides is 1. The maximum atomic E-state index is 13.3. The zero-order valence-corrected chi connectivity index (χ0v) is 13.3. The van der Waals surface area contributed by atoms with Crippen LogP contribution in [-0.2, 0) is 23.1 Å². The van der Waals surface area contributed by atoms with Gasteiger partial charge in [0.15, 0.2) is 0 Å². The number of alkyl halides is 2. The van der Waals surface area contributed by atoms with Crippen LogP contribution in [0.2, 0.25) is 0 Å². The highest BCUT2D eigenvalue weighted by molar-refractivity contribution is 7.88. The number of likely N-dealkylation sites (tertiary alicyclic amines) is 1. The molecule has 0 aliphatic carbocycles. The van der Waals surface area contributed by atoms with Crippen molar-refractivity contribution in [1.82, 2.24) is 19.0 Å². The predicted octanol–water partition coefficient (Wildman–Crippen LogP) is 0.758. The van der Waals surface area contributed by atoms with Gasteiger partial charge in [-0.1, -0.05) is 0 Å². The molecule has 3 heterocycles. The van der Waals surface area contributed by atoms with Crippen LogP contribution in [-0.4, -0.2) is 65.3 Å². The smallest absolute Gasteiger partial charge is 0.261 e. The van der Waals surface area contributed by atoms with Gasteiger partial charge in [-0.05, 0) is 12.5 Å². The molecule has 0 amide bonds. The minimum atomic E-state index is -3.41. The summed E-state index contributed by atoms with van der Waals surface area (Å²) >= 11 is 0. The molecule has 1 unspecified atom stereocenters. The SMILES string of the molecule is CS(=O)(=O)N1Cc2ccnn2CCC1CN1CCC(F)(F)C1. The molecule has 3 rings (SSSR count). The number of rotatable bonds is 3. The topological polar surface area (TPSA) is 58.4 Å². The summed E-state index contributed by atoms with van der Waals surface area (Å²) in [7, 11) is -3.41. The zero-order valence-electron chi connectivity index (χ0n) is 12.5. The molecule has 1 aromatic rings. The van der Waals surface area contributed by atoms with Crippen LogP contribution in [0.3, 0.4) is 0 Å². The average Bonchev–Trinajstić information content (AvgIpc) is 2.92. The van der Waals surface area contributed by atoms with Crippen LogP contribution in [0.5, 0.6) is 0 Å². The Balaban J connectivity index is 1.78. The van der Waals surface area contributed by atoms with Gasteiger partial charge in [0.1, 0.15) is 0 Å². The summed E-state index contributed by atoms with van der Waals surface area (Å²) in [5.74, 6) is -2.66. The third-order valence-corrected chi connectivity index (χ3v) is 5.63. The molecule has 0 saturated carbocycles. The highest BCUT2D eigenvalue weighted by Crippen LogP contribution is 2.28. The van der Waals surface area contributed by atoms with Crippen LogP contribution in [0.4, 0.5) is 8.78 Å². The Bertz CT molecular complexity index is 646. The molecule has 2 aliphatic heterocycles. The highest BCUT2D eigenvalue weighted by Gasteiger charge is 2.40. The van der Waals surface area contributed by atoms with E-state index in [9.17, 15) is 17.2 Å². The Morgan fingerprint density at radius 1 is 1.41 bits per heavy atom. The van der Waals surface area contributed by atoms with Crippen molar-refractivity contribution in [3.8, 4) is 0 Å². The molecular formula is C13H20F2N4O2S. The summed E-state index contributed by atoms with van der Waals surface area (Å²) < 4.78 is 54.1. The van der Waals surface area contributed by atoms with Gasteiger partial charge in [-0.25, -0.2) is 17.2 Å². The number of aromatic nitrogens is 2. The first-order valence-corrected chi connectivity index (χ1v) is 9.17. The highest BCUT2D eigenvalue weighted by atomic mass is 32.2. The van der Waals surface area contributed by atoms with Crippen LogP contribution in [0.25, 0.3) is 0 Å². The second kappa shape index (κ2) is 5.54. The standard InChI is InChI=1S/C13H20F2N4O2S/c1-22(20,21)19-9-11-2-5-16-18(11)6-3-12(19)8-17-7-4-13(14,15)10-17/h2,5,12H,3-4,6-10H2,1H3. The van der Waals surface area contributed by atoms with Gasteiger partial charge in [-0.2, -0.15) is 9.40 Å². The van der Waals surface area contributed by atoms with E-state index in [2.05, 4.69) is 5.10 Å². The second-order valence-electron chi connectivity index (χ2n) is 6.14. The van der Waals surface area contributed by atoms with Gasteiger partial charge in [0.05, 0.1) is 25.0 Å². The first-order valence-electron chi connectivity index (χ1n) is 7.32. The van der Waals surface area contributed by atoms with Crippen molar-refractivity contribution in [2.45, 2.75) is 37.9 Å². The molecule has 0 spiro atoms. The monoisotopic (exact) mass is 334 g/mol. The van der Waals surface area contributed by atoms with Gasteiger partial charge in [0.25, 0.3) is 5.92 Å². The summed E-state index contributed by atoms with van der Waals surface area (Å²) in [6, 6.07) is 1.50. The van der Waals surface area contributed by atoms with Crippen molar-refractivity contribution >= 4 is 10.0 Å². The zero-order chi connectivity index (χ0) is 16.0. The van der Waals surface area contributed by atoms with Gasteiger partial charge in [-0.3, -0.25) is 9.58 Å². The molecule has 6 nitrogen and oxygen atoms in total.